The second-order valence-corrected chi connectivity index (χ2v) is 9.23. The van der Waals surface area contributed by atoms with Crippen molar-refractivity contribution >= 4 is 33.2 Å². The van der Waals surface area contributed by atoms with E-state index in [4.69, 9.17) is 0 Å². The number of fused-ring (bicyclic) bond motifs is 1. The third-order valence-corrected chi connectivity index (χ3v) is 6.60. The molecule has 2 aromatic rings. The normalized spacial score (nSPS) is 21.9. The average molecular weight is 389 g/mol. The predicted octanol–water partition coefficient (Wildman–Crippen LogP) is 3.71. The van der Waals surface area contributed by atoms with E-state index in [1.54, 1.807) is 0 Å². The molecule has 146 valence electrons. The Hall–Kier alpha value is -2.02. The molecule has 3 rings (SSSR count). The van der Waals surface area contributed by atoms with Crippen molar-refractivity contribution in [2.75, 3.05) is 0 Å². The maximum Gasteiger partial charge on any atom is 0.259 e. The van der Waals surface area contributed by atoms with Crippen LogP contribution < -0.4 is 11.0 Å². The van der Waals surface area contributed by atoms with Gasteiger partial charge < -0.3 is 4.98 Å². The first-order valence-corrected chi connectivity index (χ1v) is 10.4. The van der Waals surface area contributed by atoms with Crippen molar-refractivity contribution < 1.29 is 4.79 Å². The number of nitrogens with zero attached hydrogens (tertiary/aromatic N) is 2. The first-order valence-electron chi connectivity index (χ1n) is 9.60. The van der Waals surface area contributed by atoms with Crippen LogP contribution in [0.2, 0.25) is 0 Å². The standard InChI is InChI=1S/C20H28N4O2S/c1-10(2)14-7-6-11(3)8-15(14)23-24-17(25)9-16-21-19(26)18-12(4)13(5)27-20(18)22-16/h10-11,14H,6-9H2,1-5H3,(H,24,25)(H,21,22,26)/t11-,14+/m1/s1. The number of carbonyl (C=O) groups is 1. The van der Waals surface area contributed by atoms with E-state index in [9.17, 15) is 9.59 Å². The second-order valence-electron chi connectivity index (χ2n) is 8.03. The van der Waals surface area contributed by atoms with Gasteiger partial charge in [0, 0.05) is 16.5 Å². The highest BCUT2D eigenvalue weighted by molar-refractivity contribution is 7.18. The molecule has 1 saturated carbocycles. The predicted molar refractivity (Wildman–Crippen MR) is 110 cm³/mol. The molecule has 0 bridgehead atoms. The number of aromatic nitrogens is 2. The van der Waals surface area contributed by atoms with Crippen LogP contribution >= 0.6 is 11.3 Å². The summed E-state index contributed by atoms with van der Waals surface area (Å²) in [6, 6.07) is 0. The summed E-state index contributed by atoms with van der Waals surface area (Å²) in [6.45, 7) is 10.5. The van der Waals surface area contributed by atoms with E-state index in [-0.39, 0.29) is 17.9 Å². The molecule has 7 heteroatoms. The van der Waals surface area contributed by atoms with E-state index in [1.807, 2.05) is 13.8 Å². The molecule has 2 N–H and O–H groups in total. The van der Waals surface area contributed by atoms with Gasteiger partial charge in [-0.3, -0.25) is 9.59 Å². The Morgan fingerprint density at radius 3 is 2.81 bits per heavy atom. The van der Waals surface area contributed by atoms with Crippen LogP contribution in [0.5, 0.6) is 0 Å². The minimum Gasteiger partial charge on any atom is -0.309 e. The van der Waals surface area contributed by atoms with Gasteiger partial charge in [-0.15, -0.1) is 11.3 Å². The minimum atomic E-state index is -0.254. The lowest BCUT2D eigenvalue weighted by atomic mass is 9.76. The maximum absolute atomic E-state index is 12.4. The Bertz CT molecular complexity index is 941. The third-order valence-electron chi connectivity index (χ3n) is 5.50. The summed E-state index contributed by atoms with van der Waals surface area (Å²) in [4.78, 5) is 33.6. The van der Waals surface area contributed by atoms with E-state index in [2.05, 4.69) is 41.3 Å². The summed E-state index contributed by atoms with van der Waals surface area (Å²) >= 11 is 1.48. The van der Waals surface area contributed by atoms with Crippen molar-refractivity contribution in [3.63, 3.8) is 0 Å². The van der Waals surface area contributed by atoms with Crippen LogP contribution in [0.15, 0.2) is 9.90 Å². The highest BCUT2D eigenvalue weighted by Gasteiger charge is 2.27. The fraction of sp³-hybridized carbons (Fsp3) is 0.600. The molecular formula is C20H28N4O2S. The Labute approximate surface area is 163 Å². The lowest BCUT2D eigenvalue weighted by Crippen LogP contribution is -2.31. The minimum absolute atomic E-state index is 0.0137. The molecule has 2 heterocycles. The summed E-state index contributed by atoms with van der Waals surface area (Å²) in [5.41, 5.74) is 4.54. The van der Waals surface area contributed by atoms with Gasteiger partial charge in [0.2, 0.25) is 5.91 Å². The van der Waals surface area contributed by atoms with E-state index >= 15 is 0 Å². The number of hydrogen-bond acceptors (Lipinski definition) is 5. The Morgan fingerprint density at radius 2 is 2.11 bits per heavy atom. The zero-order valence-electron chi connectivity index (χ0n) is 16.7. The van der Waals surface area contributed by atoms with Crippen LogP contribution in [0.4, 0.5) is 0 Å². The van der Waals surface area contributed by atoms with Gasteiger partial charge in [-0.25, -0.2) is 10.4 Å². The van der Waals surface area contributed by atoms with Crippen LogP contribution in [0, 0.1) is 31.6 Å². The Morgan fingerprint density at radius 1 is 1.37 bits per heavy atom. The molecule has 6 nitrogen and oxygen atoms in total. The largest absolute Gasteiger partial charge is 0.309 e. The SMILES string of the molecule is Cc1sc2nc(CC(=O)NN=C3C[C@H](C)CC[C@H]3C(C)C)[nH]c(=O)c2c1C. The number of carbonyl (C=O) groups excluding carboxylic acids is 1. The van der Waals surface area contributed by atoms with Gasteiger partial charge in [0.1, 0.15) is 10.7 Å². The second kappa shape index (κ2) is 7.92. The molecule has 27 heavy (non-hydrogen) atoms. The fourth-order valence-corrected chi connectivity index (χ4v) is 4.85. The third kappa shape index (κ3) is 4.29. The topological polar surface area (TPSA) is 87.2 Å². The smallest absolute Gasteiger partial charge is 0.259 e. The van der Waals surface area contributed by atoms with Crippen molar-refractivity contribution in [3.05, 3.63) is 26.6 Å². The number of nitrogens with one attached hydrogen (secondary N) is 2. The molecular weight excluding hydrogens is 360 g/mol. The van der Waals surface area contributed by atoms with Gasteiger partial charge in [-0.05, 0) is 50.5 Å². The molecule has 2 atom stereocenters. The van der Waals surface area contributed by atoms with Crippen molar-refractivity contribution in [2.45, 2.75) is 60.3 Å². The number of hydrogen-bond donors (Lipinski definition) is 2. The number of rotatable bonds is 4. The van der Waals surface area contributed by atoms with Crippen LogP contribution in [0.3, 0.4) is 0 Å². The average Bonchev–Trinajstić information content (AvgIpc) is 2.87. The van der Waals surface area contributed by atoms with Gasteiger partial charge in [0.25, 0.3) is 5.56 Å². The first kappa shape index (κ1) is 19.7. The summed E-state index contributed by atoms with van der Waals surface area (Å²) in [5, 5.41) is 5.06. The highest BCUT2D eigenvalue weighted by Crippen LogP contribution is 2.31. The van der Waals surface area contributed by atoms with Gasteiger partial charge >= 0.3 is 0 Å². The molecule has 0 aliphatic heterocycles. The summed E-state index contributed by atoms with van der Waals surface area (Å²) in [7, 11) is 0. The summed E-state index contributed by atoms with van der Waals surface area (Å²) in [5.74, 6) is 1.66. The summed E-state index contributed by atoms with van der Waals surface area (Å²) in [6.07, 6.45) is 3.27. The van der Waals surface area contributed by atoms with Crippen molar-refractivity contribution in [1.82, 2.24) is 15.4 Å². The lowest BCUT2D eigenvalue weighted by Gasteiger charge is -2.30. The van der Waals surface area contributed by atoms with Gasteiger partial charge in [-0.2, -0.15) is 5.10 Å². The molecule has 1 aliphatic rings. The molecule has 0 aromatic carbocycles. The number of amides is 1. The Balaban J connectivity index is 1.74. The lowest BCUT2D eigenvalue weighted by molar-refractivity contribution is -0.120. The van der Waals surface area contributed by atoms with Gasteiger partial charge in [0.15, 0.2) is 0 Å². The Kier molecular flexibility index (Phi) is 5.79. The molecule has 0 saturated heterocycles. The van der Waals surface area contributed by atoms with Crippen LogP contribution in [0.25, 0.3) is 10.2 Å². The number of aryl methyl sites for hydroxylation is 2. The van der Waals surface area contributed by atoms with Crippen LogP contribution in [-0.4, -0.2) is 21.6 Å². The zero-order valence-corrected chi connectivity index (χ0v) is 17.5. The number of hydrazone groups is 1. The molecule has 2 aromatic heterocycles. The fourth-order valence-electron chi connectivity index (χ4n) is 3.80. The molecule has 1 fully saturated rings. The number of H-pyrrole nitrogens is 1. The van der Waals surface area contributed by atoms with Crippen LogP contribution in [0.1, 0.15) is 56.3 Å². The zero-order chi connectivity index (χ0) is 19.7. The molecule has 0 radical (unpaired) electrons. The van der Waals surface area contributed by atoms with Crippen LogP contribution in [-0.2, 0) is 11.2 Å². The monoisotopic (exact) mass is 388 g/mol. The number of aromatic amines is 1. The van der Waals surface area contributed by atoms with E-state index in [0.717, 1.165) is 29.0 Å². The molecule has 0 spiro atoms. The molecule has 0 unspecified atom stereocenters. The maximum atomic E-state index is 12.4. The van der Waals surface area contributed by atoms with Gasteiger partial charge in [-0.1, -0.05) is 20.8 Å². The summed E-state index contributed by atoms with van der Waals surface area (Å²) < 4.78 is 0. The molecule has 1 amide bonds. The van der Waals surface area contributed by atoms with E-state index in [0.29, 0.717) is 33.8 Å². The quantitative estimate of drug-likeness (QED) is 0.783. The van der Waals surface area contributed by atoms with Crippen molar-refractivity contribution in [3.8, 4) is 0 Å². The van der Waals surface area contributed by atoms with Crippen molar-refractivity contribution in [1.29, 1.82) is 0 Å². The number of thiophene rings is 1. The highest BCUT2D eigenvalue weighted by atomic mass is 32.1. The van der Waals surface area contributed by atoms with Gasteiger partial charge in [0.05, 0.1) is 11.8 Å². The molecule has 1 aliphatic carbocycles. The van der Waals surface area contributed by atoms with E-state index < -0.39 is 0 Å². The van der Waals surface area contributed by atoms with E-state index in [1.165, 1.54) is 17.8 Å². The first-order chi connectivity index (χ1) is 12.8. The van der Waals surface area contributed by atoms with Crippen molar-refractivity contribution in [2.24, 2.45) is 22.9 Å².